The summed E-state index contributed by atoms with van der Waals surface area (Å²) in [7, 11) is 0. The molecule has 1 atom stereocenters. The molecule has 6 nitrogen and oxygen atoms in total. The van der Waals surface area contributed by atoms with Gasteiger partial charge in [0.2, 0.25) is 5.60 Å². The summed E-state index contributed by atoms with van der Waals surface area (Å²) in [4.78, 5) is 28.0. The molecule has 0 spiro atoms. The molecule has 0 saturated heterocycles. The molecule has 1 aliphatic carbocycles. The molecule has 1 aliphatic heterocycles. The first-order valence-corrected chi connectivity index (χ1v) is 13.3. The number of hydrogen-bond acceptors (Lipinski definition) is 6. The third kappa shape index (κ3) is 5.53. The summed E-state index contributed by atoms with van der Waals surface area (Å²) >= 11 is 13.5. The van der Waals surface area contributed by atoms with Crippen LogP contribution in [-0.2, 0) is 14.3 Å². The summed E-state index contributed by atoms with van der Waals surface area (Å²) in [6.45, 7) is 4.59. The van der Waals surface area contributed by atoms with Gasteiger partial charge in [-0.05, 0) is 92.2 Å². The van der Waals surface area contributed by atoms with Gasteiger partial charge in [-0.15, -0.1) is 0 Å². The van der Waals surface area contributed by atoms with Crippen LogP contribution < -0.4 is 4.74 Å². The van der Waals surface area contributed by atoms with Gasteiger partial charge in [0, 0.05) is 34.5 Å². The molecular formula is C27H27Cl2NO5S. The van der Waals surface area contributed by atoms with Crippen LogP contribution in [0.5, 0.6) is 5.75 Å². The van der Waals surface area contributed by atoms with Crippen LogP contribution in [0.15, 0.2) is 75.9 Å². The lowest BCUT2D eigenvalue weighted by Gasteiger charge is -2.39. The van der Waals surface area contributed by atoms with E-state index in [4.69, 9.17) is 37.4 Å². The summed E-state index contributed by atoms with van der Waals surface area (Å²) in [5.74, 6) is -0.446. The number of para-hydroxylation sites is 1. The van der Waals surface area contributed by atoms with Crippen LogP contribution in [0.4, 0.5) is 0 Å². The largest absolute Gasteiger partial charge is 0.478 e. The fourth-order valence-electron chi connectivity index (χ4n) is 4.32. The lowest BCUT2D eigenvalue weighted by atomic mass is 9.78. The first kappa shape index (κ1) is 26.5. The minimum Gasteiger partial charge on any atom is -0.478 e. The van der Waals surface area contributed by atoms with Crippen molar-refractivity contribution in [1.82, 2.24) is 4.31 Å². The zero-order valence-corrected chi connectivity index (χ0v) is 22.4. The van der Waals surface area contributed by atoms with Gasteiger partial charge in [0.1, 0.15) is 12.4 Å². The van der Waals surface area contributed by atoms with Crippen molar-refractivity contribution in [3.63, 3.8) is 0 Å². The van der Waals surface area contributed by atoms with Crippen molar-refractivity contribution in [3.05, 3.63) is 81.6 Å². The second-order valence-corrected chi connectivity index (χ2v) is 10.2. The molecule has 2 aromatic rings. The standard InChI is InChI=1S/C27H27Cl2NO5S/c1-3-30(36-20-13-11-19(28)12-14-20)25(31)21-9-5-6-10-23(21)35-27(26(32)33-4-2)15-7-8-18-17-34-24(29)16-22(18)27/h5-6,9-14,16H,3-4,7-8,15,17H2,1-2H3. The van der Waals surface area contributed by atoms with Gasteiger partial charge in [0.25, 0.3) is 5.91 Å². The molecule has 36 heavy (non-hydrogen) atoms. The minimum atomic E-state index is -1.43. The smallest absolute Gasteiger partial charge is 0.355 e. The Morgan fingerprint density at radius 2 is 1.86 bits per heavy atom. The van der Waals surface area contributed by atoms with E-state index in [1.165, 1.54) is 11.9 Å². The molecule has 190 valence electrons. The van der Waals surface area contributed by atoms with E-state index in [-0.39, 0.29) is 24.3 Å². The molecule has 1 unspecified atom stereocenters. The summed E-state index contributed by atoms with van der Waals surface area (Å²) in [5.41, 5.74) is 0.508. The lowest BCUT2D eigenvalue weighted by molar-refractivity contribution is -0.159. The van der Waals surface area contributed by atoms with E-state index in [1.807, 2.05) is 19.1 Å². The monoisotopic (exact) mass is 547 g/mol. The third-order valence-electron chi connectivity index (χ3n) is 6.02. The van der Waals surface area contributed by atoms with Gasteiger partial charge < -0.3 is 14.2 Å². The van der Waals surface area contributed by atoms with Crippen molar-refractivity contribution in [2.75, 3.05) is 19.8 Å². The predicted molar refractivity (Wildman–Crippen MR) is 141 cm³/mol. The van der Waals surface area contributed by atoms with Gasteiger partial charge in [-0.2, -0.15) is 0 Å². The second-order valence-electron chi connectivity index (χ2n) is 8.30. The average Bonchev–Trinajstić information content (AvgIpc) is 2.88. The second kappa shape index (κ2) is 11.6. The van der Waals surface area contributed by atoms with Crippen LogP contribution in [0.3, 0.4) is 0 Å². The molecule has 0 saturated carbocycles. The molecule has 2 aromatic carbocycles. The van der Waals surface area contributed by atoms with Gasteiger partial charge in [0.05, 0.1) is 12.2 Å². The summed E-state index contributed by atoms with van der Waals surface area (Å²) in [6.07, 6.45) is 3.50. The SMILES string of the molecule is CCOC(=O)C1(Oc2ccccc2C(=O)N(CC)Sc2ccc(Cl)cc2)CCCC2=C1C=C(Cl)OC2. The molecule has 9 heteroatoms. The molecule has 0 fully saturated rings. The van der Waals surface area contributed by atoms with Gasteiger partial charge in [-0.3, -0.25) is 9.10 Å². The van der Waals surface area contributed by atoms with Crippen LogP contribution in [0.1, 0.15) is 43.5 Å². The van der Waals surface area contributed by atoms with Crippen molar-refractivity contribution in [2.45, 2.75) is 43.6 Å². The number of hydrogen-bond donors (Lipinski definition) is 0. The zero-order chi connectivity index (χ0) is 25.7. The number of ether oxygens (including phenoxy) is 3. The van der Waals surface area contributed by atoms with Crippen LogP contribution >= 0.6 is 35.1 Å². The Balaban J connectivity index is 1.70. The normalized spacial score (nSPS) is 19.1. The highest BCUT2D eigenvalue weighted by Crippen LogP contribution is 2.43. The Labute approximate surface area is 225 Å². The van der Waals surface area contributed by atoms with E-state index in [2.05, 4.69) is 0 Å². The maximum atomic E-state index is 13.7. The molecule has 0 N–H and O–H groups in total. The summed E-state index contributed by atoms with van der Waals surface area (Å²) in [5, 5.41) is 0.814. The molecule has 0 aromatic heterocycles. The van der Waals surface area contributed by atoms with E-state index in [0.717, 1.165) is 16.9 Å². The van der Waals surface area contributed by atoms with E-state index >= 15 is 0 Å². The first-order chi connectivity index (χ1) is 17.4. The highest BCUT2D eigenvalue weighted by atomic mass is 35.5. The molecule has 0 bridgehead atoms. The molecule has 1 amide bonds. The van der Waals surface area contributed by atoms with Gasteiger partial charge >= 0.3 is 5.97 Å². The highest BCUT2D eigenvalue weighted by Gasteiger charge is 2.50. The number of rotatable bonds is 8. The lowest BCUT2D eigenvalue weighted by Crippen LogP contribution is -2.50. The zero-order valence-electron chi connectivity index (χ0n) is 20.1. The summed E-state index contributed by atoms with van der Waals surface area (Å²) < 4.78 is 19.1. The van der Waals surface area contributed by atoms with E-state index in [0.29, 0.717) is 41.3 Å². The Bertz CT molecular complexity index is 1200. The van der Waals surface area contributed by atoms with Gasteiger partial charge in [-0.25, -0.2) is 4.79 Å². The third-order valence-corrected chi connectivity index (χ3v) is 7.61. The van der Waals surface area contributed by atoms with Crippen molar-refractivity contribution in [2.24, 2.45) is 0 Å². The quantitative estimate of drug-likeness (QED) is 0.268. The Kier molecular flexibility index (Phi) is 8.54. The van der Waals surface area contributed by atoms with Crippen molar-refractivity contribution in [3.8, 4) is 5.75 Å². The molecule has 1 heterocycles. The van der Waals surface area contributed by atoms with Crippen molar-refractivity contribution >= 4 is 47.0 Å². The first-order valence-electron chi connectivity index (χ1n) is 11.8. The molecular weight excluding hydrogens is 521 g/mol. The van der Waals surface area contributed by atoms with Crippen LogP contribution in [0, 0.1) is 0 Å². The number of halogens is 2. The number of esters is 1. The van der Waals surface area contributed by atoms with E-state index in [9.17, 15) is 9.59 Å². The van der Waals surface area contributed by atoms with Gasteiger partial charge in [0.15, 0.2) is 5.22 Å². The van der Waals surface area contributed by atoms with E-state index < -0.39 is 11.6 Å². The Hall–Kier alpha value is -2.61. The average molecular weight is 548 g/mol. The van der Waals surface area contributed by atoms with Crippen molar-refractivity contribution in [1.29, 1.82) is 0 Å². The fraction of sp³-hybridized carbons (Fsp3) is 0.333. The Morgan fingerprint density at radius 3 is 2.58 bits per heavy atom. The summed E-state index contributed by atoms with van der Waals surface area (Å²) in [6, 6.07) is 14.2. The Morgan fingerprint density at radius 1 is 1.11 bits per heavy atom. The van der Waals surface area contributed by atoms with Crippen LogP contribution in [-0.4, -0.2) is 41.5 Å². The molecule has 2 aliphatic rings. The van der Waals surface area contributed by atoms with Crippen LogP contribution in [0.2, 0.25) is 5.02 Å². The predicted octanol–water partition coefficient (Wildman–Crippen LogP) is 6.78. The number of benzene rings is 2. The fourth-order valence-corrected chi connectivity index (χ4v) is 5.43. The number of nitrogens with zero attached hydrogens (tertiary/aromatic N) is 1. The topological polar surface area (TPSA) is 65.1 Å². The number of carbonyl (C=O) groups excluding carboxylic acids is 2. The maximum absolute atomic E-state index is 13.7. The molecule has 4 rings (SSSR count). The highest BCUT2D eigenvalue weighted by molar-refractivity contribution is 7.97. The molecule has 0 radical (unpaired) electrons. The van der Waals surface area contributed by atoms with Gasteiger partial charge in [-0.1, -0.05) is 23.7 Å². The number of carbonyl (C=O) groups is 2. The van der Waals surface area contributed by atoms with E-state index in [1.54, 1.807) is 53.7 Å². The number of amides is 1. The van der Waals surface area contributed by atoms with Crippen molar-refractivity contribution < 1.29 is 23.8 Å². The maximum Gasteiger partial charge on any atom is 0.355 e. The van der Waals surface area contributed by atoms with Crippen LogP contribution in [0.25, 0.3) is 0 Å². The minimum absolute atomic E-state index is 0.189.